The molecular weight excluding hydrogens is 431 g/mol. The molecule has 7 nitrogen and oxygen atoms in total. The maximum atomic E-state index is 13.5. The highest BCUT2D eigenvalue weighted by molar-refractivity contribution is 6.30. The summed E-state index contributed by atoms with van der Waals surface area (Å²) in [4.78, 5) is 20.9. The molecule has 32 heavy (non-hydrogen) atoms. The van der Waals surface area contributed by atoms with Gasteiger partial charge in [0.15, 0.2) is 0 Å². The molecule has 0 radical (unpaired) electrons. The van der Waals surface area contributed by atoms with Gasteiger partial charge in [0, 0.05) is 23.1 Å². The fraction of sp³-hybridized carbons (Fsp3) is 0.0435. The lowest BCUT2D eigenvalue weighted by Gasteiger charge is -2.24. The molecule has 3 heterocycles. The Kier molecular flexibility index (Phi) is 5.12. The number of carbonyl (C=O) groups is 1. The van der Waals surface area contributed by atoms with Crippen LogP contribution in [0.5, 0.6) is 0 Å². The minimum absolute atomic E-state index is 0.138. The second-order valence-corrected chi connectivity index (χ2v) is 7.54. The van der Waals surface area contributed by atoms with Crippen molar-refractivity contribution in [3.8, 4) is 0 Å². The molecule has 2 aromatic carbocycles. The topological polar surface area (TPSA) is 84.7 Å². The van der Waals surface area contributed by atoms with Gasteiger partial charge in [-0.15, -0.1) is 5.10 Å². The van der Waals surface area contributed by atoms with Gasteiger partial charge in [0.1, 0.15) is 11.9 Å². The SMILES string of the molecule is O=C(Nc1nc2n(n1)[C@H](c1ccc(F)cc1)C=C(c1ccc(Cl)cc1)N2)c1cccnc1. The molecule has 2 aromatic heterocycles. The first-order chi connectivity index (χ1) is 15.6. The molecule has 1 aliphatic rings. The predicted octanol–water partition coefficient (Wildman–Crippen LogP) is 4.77. The van der Waals surface area contributed by atoms with E-state index >= 15 is 0 Å². The van der Waals surface area contributed by atoms with E-state index < -0.39 is 0 Å². The number of aromatic nitrogens is 4. The molecule has 4 aromatic rings. The van der Waals surface area contributed by atoms with Crippen LogP contribution in [0.3, 0.4) is 0 Å². The number of amides is 1. The summed E-state index contributed by atoms with van der Waals surface area (Å²) in [5, 5.41) is 11.0. The van der Waals surface area contributed by atoms with Gasteiger partial charge in [0.25, 0.3) is 11.9 Å². The van der Waals surface area contributed by atoms with Gasteiger partial charge in [-0.25, -0.2) is 9.07 Å². The van der Waals surface area contributed by atoms with Crippen molar-refractivity contribution in [3.05, 3.63) is 107 Å². The molecule has 0 saturated heterocycles. The Morgan fingerprint density at radius 1 is 1.09 bits per heavy atom. The summed E-state index contributed by atoms with van der Waals surface area (Å²) in [5.74, 6) is -0.120. The van der Waals surface area contributed by atoms with Crippen LogP contribution >= 0.6 is 11.6 Å². The molecule has 9 heteroatoms. The van der Waals surface area contributed by atoms with E-state index in [1.54, 1.807) is 47.3 Å². The average molecular weight is 447 g/mol. The number of rotatable bonds is 4. The second kappa shape index (κ2) is 8.24. The van der Waals surface area contributed by atoms with Crippen molar-refractivity contribution in [2.24, 2.45) is 0 Å². The molecule has 1 atom stereocenters. The molecule has 0 fully saturated rings. The van der Waals surface area contributed by atoms with Crippen LogP contribution in [0, 0.1) is 5.82 Å². The van der Waals surface area contributed by atoms with Crippen LogP contribution in [0.15, 0.2) is 79.1 Å². The highest BCUT2D eigenvalue weighted by atomic mass is 35.5. The first-order valence-electron chi connectivity index (χ1n) is 9.75. The number of halogens is 2. The van der Waals surface area contributed by atoms with Gasteiger partial charge in [0.05, 0.1) is 5.56 Å². The van der Waals surface area contributed by atoms with E-state index in [2.05, 4.69) is 25.7 Å². The average Bonchev–Trinajstić information content (AvgIpc) is 3.22. The molecule has 0 spiro atoms. The minimum atomic E-state index is -0.370. The molecule has 1 amide bonds. The van der Waals surface area contributed by atoms with Gasteiger partial charge in [-0.3, -0.25) is 15.1 Å². The van der Waals surface area contributed by atoms with Gasteiger partial charge in [0.2, 0.25) is 5.95 Å². The van der Waals surface area contributed by atoms with E-state index in [0.717, 1.165) is 16.8 Å². The molecule has 2 N–H and O–H groups in total. The van der Waals surface area contributed by atoms with E-state index in [9.17, 15) is 9.18 Å². The Labute approximate surface area is 187 Å². The van der Waals surface area contributed by atoms with Crippen molar-refractivity contribution in [2.75, 3.05) is 10.6 Å². The number of benzene rings is 2. The number of anilines is 2. The van der Waals surface area contributed by atoms with Crippen molar-refractivity contribution < 1.29 is 9.18 Å². The van der Waals surface area contributed by atoms with E-state index in [1.165, 1.54) is 18.3 Å². The predicted molar refractivity (Wildman–Crippen MR) is 120 cm³/mol. The van der Waals surface area contributed by atoms with E-state index in [4.69, 9.17) is 11.6 Å². The highest BCUT2D eigenvalue weighted by Gasteiger charge is 2.26. The first kappa shape index (κ1) is 19.9. The standard InChI is InChI=1S/C23H16ClFN6O/c24-17-7-3-14(4-8-17)19-12-20(15-5-9-18(25)10-6-15)31-23(27-19)29-22(30-31)28-21(32)16-2-1-11-26-13-16/h1-13,20H,(H2,27,28,29,30,32)/t20-/m0/s1. The smallest absolute Gasteiger partial charge is 0.259 e. The highest BCUT2D eigenvalue weighted by Crippen LogP contribution is 2.33. The third kappa shape index (κ3) is 3.95. The quantitative estimate of drug-likeness (QED) is 0.471. The van der Waals surface area contributed by atoms with Crippen molar-refractivity contribution in [1.82, 2.24) is 19.7 Å². The third-order valence-electron chi connectivity index (χ3n) is 4.98. The van der Waals surface area contributed by atoms with Crippen LogP contribution in [0.2, 0.25) is 5.02 Å². The number of hydrogen-bond acceptors (Lipinski definition) is 5. The van der Waals surface area contributed by atoms with E-state index in [1.807, 2.05) is 18.2 Å². The van der Waals surface area contributed by atoms with Crippen LogP contribution in [-0.4, -0.2) is 25.7 Å². The number of nitrogens with zero attached hydrogens (tertiary/aromatic N) is 4. The zero-order valence-electron chi connectivity index (χ0n) is 16.5. The van der Waals surface area contributed by atoms with Crippen LogP contribution < -0.4 is 10.6 Å². The molecular formula is C23H16ClFN6O. The lowest BCUT2D eigenvalue weighted by molar-refractivity contribution is 0.102. The lowest BCUT2D eigenvalue weighted by atomic mass is 10.0. The Morgan fingerprint density at radius 2 is 1.88 bits per heavy atom. The fourth-order valence-electron chi connectivity index (χ4n) is 3.41. The first-order valence-corrected chi connectivity index (χ1v) is 10.1. The van der Waals surface area contributed by atoms with Crippen LogP contribution in [0.25, 0.3) is 5.70 Å². The molecule has 0 saturated carbocycles. The summed E-state index contributed by atoms with van der Waals surface area (Å²) in [6.45, 7) is 0. The summed E-state index contributed by atoms with van der Waals surface area (Å²) < 4.78 is 15.2. The Morgan fingerprint density at radius 3 is 2.59 bits per heavy atom. The van der Waals surface area contributed by atoms with Crippen LogP contribution in [0.4, 0.5) is 16.3 Å². The third-order valence-corrected chi connectivity index (χ3v) is 5.23. The van der Waals surface area contributed by atoms with E-state index in [-0.39, 0.29) is 23.7 Å². The van der Waals surface area contributed by atoms with Crippen molar-refractivity contribution in [2.45, 2.75) is 6.04 Å². The maximum absolute atomic E-state index is 13.5. The molecule has 158 valence electrons. The Hall–Kier alpha value is -4.04. The van der Waals surface area contributed by atoms with Crippen molar-refractivity contribution in [1.29, 1.82) is 0 Å². The summed E-state index contributed by atoms with van der Waals surface area (Å²) in [7, 11) is 0. The van der Waals surface area contributed by atoms with Gasteiger partial charge >= 0.3 is 0 Å². The van der Waals surface area contributed by atoms with E-state index in [0.29, 0.717) is 16.5 Å². The van der Waals surface area contributed by atoms with Gasteiger partial charge in [-0.1, -0.05) is 35.9 Å². The largest absolute Gasteiger partial charge is 0.324 e. The number of pyridine rings is 1. The van der Waals surface area contributed by atoms with Gasteiger partial charge in [-0.2, -0.15) is 4.98 Å². The summed E-state index contributed by atoms with van der Waals surface area (Å²) in [6.07, 6.45) is 5.02. The number of hydrogen-bond donors (Lipinski definition) is 2. The van der Waals surface area contributed by atoms with Crippen LogP contribution in [-0.2, 0) is 0 Å². The van der Waals surface area contributed by atoms with Gasteiger partial charge in [-0.05, 0) is 53.6 Å². The zero-order chi connectivity index (χ0) is 22.1. The molecule has 5 rings (SSSR count). The molecule has 0 unspecified atom stereocenters. The minimum Gasteiger partial charge on any atom is -0.324 e. The maximum Gasteiger partial charge on any atom is 0.259 e. The summed E-state index contributed by atoms with van der Waals surface area (Å²) >= 11 is 6.03. The van der Waals surface area contributed by atoms with Crippen molar-refractivity contribution >= 4 is 35.1 Å². The van der Waals surface area contributed by atoms with Crippen molar-refractivity contribution in [3.63, 3.8) is 0 Å². The molecule has 0 aliphatic carbocycles. The summed E-state index contributed by atoms with van der Waals surface area (Å²) in [5.41, 5.74) is 2.90. The normalized spacial score (nSPS) is 14.8. The second-order valence-electron chi connectivity index (χ2n) is 7.11. The van der Waals surface area contributed by atoms with Crippen LogP contribution in [0.1, 0.15) is 27.5 Å². The number of nitrogens with one attached hydrogen (secondary N) is 2. The monoisotopic (exact) mass is 446 g/mol. The lowest BCUT2D eigenvalue weighted by Crippen LogP contribution is -2.20. The number of fused-ring (bicyclic) bond motifs is 1. The summed E-state index contributed by atoms with van der Waals surface area (Å²) in [6, 6.07) is 16.5. The molecule has 0 bridgehead atoms. The molecule has 1 aliphatic heterocycles. The van der Waals surface area contributed by atoms with Gasteiger partial charge < -0.3 is 5.32 Å². The Balaban J connectivity index is 1.51. The Bertz CT molecular complexity index is 1300. The number of allylic oxidation sites excluding steroid dienone is 1. The fourth-order valence-corrected chi connectivity index (χ4v) is 3.54. The zero-order valence-corrected chi connectivity index (χ0v) is 17.3. The number of carbonyl (C=O) groups excluding carboxylic acids is 1.